The molecule has 0 aliphatic carbocycles. The molecule has 1 atom stereocenters. The van der Waals surface area contributed by atoms with Gasteiger partial charge >= 0.3 is 0 Å². The lowest BCUT2D eigenvalue weighted by molar-refractivity contribution is 0.555. The molecule has 0 bridgehead atoms. The predicted molar refractivity (Wildman–Crippen MR) is 49.3 cm³/mol. The zero-order valence-corrected chi connectivity index (χ0v) is 8.63. The van der Waals surface area contributed by atoms with Crippen LogP contribution in [0.5, 0.6) is 0 Å². The van der Waals surface area contributed by atoms with Gasteiger partial charge in [0.05, 0.1) is 0 Å². The van der Waals surface area contributed by atoms with Crippen LogP contribution in [0.2, 0.25) is 10.0 Å². The van der Waals surface area contributed by atoms with Gasteiger partial charge in [0, 0.05) is 5.30 Å². The van der Waals surface area contributed by atoms with Crippen molar-refractivity contribution in [1.82, 2.24) is 0 Å². The van der Waals surface area contributed by atoms with E-state index in [4.69, 9.17) is 23.2 Å². The van der Waals surface area contributed by atoms with Crippen LogP contribution in [-0.4, -0.2) is 5.48 Å². The molecule has 1 nitrogen and oxygen atoms in total. The summed E-state index contributed by atoms with van der Waals surface area (Å²) in [4.78, 5) is 0. The van der Waals surface area contributed by atoms with Crippen molar-refractivity contribution in [1.29, 1.82) is 0 Å². The van der Waals surface area contributed by atoms with E-state index in [1.165, 1.54) is 0 Å². The molecule has 1 unspecified atom stereocenters. The summed E-state index contributed by atoms with van der Waals surface area (Å²) in [7, 11) is 1.75. The maximum atomic E-state index is 12.7. The van der Waals surface area contributed by atoms with Crippen LogP contribution >= 0.6 is 32.4 Å². The summed E-state index contributed by atoms with van der Waals surface area (Å²) in [6.07, 6.45) is 0. The van der Waals surface area contributed by atoms with Gasteiger partial charge in [0.25, 0.3) is 0 Å². The summed E-state index contributed by atoms with van der Waals surface area (Å²) in [5.74, 6) is -3.58. The molecular weight excluding hydrogens is 247 g/mol. The first-order chi connectivity index (χ1) is 5.46. The molecule has 2 N–H and O–H groups in total. The Morgan fingerprint density at radius 1 is 0.846 bits per heavy atom. The van der Waals surface area contributed by atoms with Crippen molar-refractivity contribution >= 4 is 37.7 Å². The summed E-state index contributed by atoms with van der Waals surface area (Å²) >= 11 is 10.3. The smallest absolute Gasteiger partial charge is 0.166 e. The molecule has 0 spiro atoms. The summed E-state index contributed by atoms with van der Waals surface area (Å²) in [5.41, 5.74) is 0. The second-order valence-corrected chi connectivity index (χ2v) is 3.32. The largest absolute Gasteiger partial charge is 0.412 e. The summed E-state index contributed by atoms with van der Waals surface area (Å²) in [6.45, 7) is 0. The third-order valence-corrected chi connectivity index (χ3v) is 2.41. The van der Waals surface area contributed by atoms with Crippen LogP contribution in [0.4, 0.5) is 13.2 Å². The first kappa shape index (κ1) is 13.0. The minimum atomic E-state index is -1.28. The zero-order chi connectivity index (χ0) is 9.46. The average Bonchev–Trinajstić information content (AvgIpc) is 2.08. The molecule has 0 aromatic heterocycles. The molecule has 0 radical (unpaired) electrons. The van der Waals surface area contributed by atoms with E-state index >= 15 is 0 Å². The Labute approximate surface area is 84.3 Å². The minimum Gasteiger partial charge on any atom is -0.412 e. The van der Waals surface area contributed by atoms with Crippen molar-refractivity contribution in [2.45, 2.75) is 0 Å². The summed E-state index contributed by atoms with van der Waals surface area (Å²) in [5, 5.41) is -2.07. The molecule has 0 saturated heterocycles. The Morgan fingerprint density at radius 2 is 1.15 bits per heavy atom. The van der Waals surface area contributed by atoms with Gasteiger partial charge in [-0.2, -0.15) is 0 Å². The molecule has 1 aromatic rings. The van der Waals surface area contributed by atoms with Gasteiger partial charge in [-0.1, -0.05) is 32.4 Å². The standard InChI is InChI=1S/C6H2Cl2F3P.H2O/c7-1-3(9)2(8)5(11)6(12)4(1)10;/h12H2;1H2. The van der Waals surface area contributed by atoms with Crippen LogP contribution in [0.1, 0.15) is 0 Å². The molecule has 0 heterocycles. The van der Waals surface area contributed by atoms with E-state index in [0.29, 0.717) is 0 Å². The summed E-state index contributed by atoms with van der Waals surface area (Å²) in [6, 6.07) is 0. The molecule has 0 fully saturated rings. The first-order valence-electron chi connectivity index (χ1n) is 2.73. The number of hydrogen-bond acceptors (Lipinski definition) is 0. The molecule has 1 aromatic carbocycles. The Balaban J connectivity index is 0.00000144. The topological polar surface area (TPSA) is 31.5 Å². The second kappa shape index (κ2) is 4.47. The van der Waals surface area contributed by atoms with Gasteiger partial charge in [-0.05, 0) is 0 Å². The fourth-order valence-electron chi connectivity index (χ4n) is 0.622. The van der Waals surface area contributed by atoms with Crippen LogP contribution in [0.25, 0.3) is 0 Å². The lowest BCUT2D eigenvalue weighted by Crippen LogP contribution is -2.08. The molecule has 74 valence electrons. The highest BCUT2D eigenvalue weighted by molar-refractivity contribution is 7.27. The summed E-state index contributed by atoms with van der Waals surface area (Å²) < 4.78 is 38.2. The van der Waals surface area contributed by atoms with Gasteiger partial charge in [0.2, 0.25) is 0 Å². The number of halogens is 5. The van der Waals surface area contributed by atoms with Gasteiger partial charge < -0.3 is 5.48 Å². The molecule has 0 saturated carbocycles. The fourth-order valence-corrected chi connectivity index (χ4v) is 1.53. The zero-order valence-electron chi connectivity index (χ0n) is 5.97. The predicted octanol–water partition coefficient (Wildman–Crippen LogP) is 2.09. The number of benzene rings is 1. The fraction of sp³-hybridized carbons (Fsp3) is 0. The van der Waals surface area contributed by atoms with Crippen LogP contribution < -0.4 is 5.30 Å². The maximum absolute atomic E-state index is 12.7. The minimum absolute atomic E-state index is 0. The molecule has 0 aliphatic heterocycles. The van der Waals surface area contributed by atoms with Crippen molar-refractivity contribution in [2.24, 2.45) is 0 Å². The van der Waals surface area contributed by atoms with Crippen LogP contribution in [0.3, 0.4) is 0 Å². The van der Waals surface area contributed by atoms with Crippen molar-refractivity contribution in [3.63, 3.8) is 0 Å². The molecule has 0 aliphatic rings. The molecule has 0 amide bonds. The Hall–Kier alpha value is -0.0200. The van der Waals surface area contributed by atoms with Gasteiger partial charge in [0.1, 0.15) is 10.0 Å². The highest BCUT2D eigenvalue weighted by Gasteiger charge is 2.19. The van der Waals surface area contributed by atoms with E-state index in [2.05, 4.69) is 0 Å². The third kappa shape index (κ3) is 2.08. The Kier molecular flexibility index (Phi) is 4.46. The van der Waals surface area contributed by atoms with Crippen molar-refractivity contribution < 1.29 is 18.6 Å². The van der Waals surface area contributed by atoms with E-state index in [1.807, 2.05) is 0 Å². The monoisotopic (exact) mass is 250 g/mol. The van der Waals surface area contributed by atoms with Crippen LogP contribution in [0, 0.1) is 17.5 Å². The van der Waals surface area contributed by atoms with Crippen molar-refractivity contribution in [3.05, 3.63) is 27.5 Å². The number of rotatable bonds is 0. The lowest BCUT2D eigenvalue weighted by Gasteiger charge is -2.04. The van der Waals surface area contributed by atoms with Crippen molar-refractivity contribution in [3.8, 4) is 0 Å². The Bertz CT molecular complexity index is 240. The molecule has 7 heteroatoms. The third-order valence-electron chi connectivity index (χ3n) is 1.24. The van der Waals surface area contributed by atoms with E-state index in [0.717, 1.165) is 0 Å². The average molecular weight is 251 g/mol. The van der Waals surface area contributed by atoms with Gasteiger partial charge in [-0.3, -0.25) is 0 Å². The molecular formula is C6H4Cl2F3OP. The van der Waals surface area contributed by atoms with Crippen LogP contribution in [-0.2, 0) is 0 Å². The maximum Gasteiger partial charge on any atom is 0.166 e. The van der Waals surface area contributed by atoms with E-state index in [9.17, 15) is 13.2 Å². The van der Waals surface area contributed by atoms with Gasteiger partial charge in [-0.25, -0.2) is 13.2 Å². The second-order valence-electron chi connectivity index (χ2n) is 1.98. The Morgan fingerprint density at radius 3 is 1.46 bits per heavy atom. The van der Waals surface area contributed by atoms with Crippen molar-refractivity contribution in [2.75, 3.05) is 0 Å². The first-order valence-corrected chi connectivity index (χ1v) is 4.07. The van der Waals surface area contributed by atoms with Gasteiger partial charge in [0.15, 0.2) is 17.5 Å². The number of hydrogen-bond donors (Lipinski definition) is 0. The van der Waals surface area contributed by atoms with E-state index < -0.39 is 32.8 Å². The van der Waals surface area contributed by atoms with E-state index in [1.54, 1.807) is 9.24 Å². The van der Waals surface area contributed by atoms with E-state index in [-0.39, 0.29) is 5.48 Å². The quantitative estimate of drug-likeness (QED) is 0.384. The van der Waals surface area contributed by atoms with Crippen LogP contribution in [0.15, 0.2) is 0 Å². The molecule has 13 heavy (non-hydrogen) atoms. The normalized spacial score (nSPS) is 9.69. The molecule has 1 rings (SSSR count). The lowest BCUT2D eigenvalue weighted by atomic mass is 10.3. The van der Waals surface area contributed by atoms with Gasteiger partial charge in [-0.15, -0.1) is 0 Å². The SMILES string of the molecule is Fc1c(P)c(F)c(Cl)c(F)c1Cl.O. The highest BCUT2D eigenvalue weighted by atomic mass is 35.5. The highest BCUT2D eigenvalue weighted by Crippen LogP contribution is 2.27.